The molecule has 0 unspecified atom stereocenters. The Morgan fingerprint density at radius 2 is 1.60 bits per heavy atom. The van der Waals surface area contributed by atoms with Crippen LogP contribution in [0.25, 0.3) is 10.8 Å². The number of nitrogens with one attached hydrogen (secondary N) is 2. The molecular formula is C22H19FN2O5. The molecule has 3 aromatic rings. The van der Waals surface area contributed by atoms with Gasteiger partial charge in [0.05, 0.1) is 13.7 Å². The number of ether oxygens (including phenoxy) is 2. The van der Waals surface area contributed by atoms with Gasteiger partial charge in [0.2, 0.25) is 5.91 Å². The summed E-state index contributed by atoms with van der Waals surface area (Å²) in [4.78, 5) is 36.1. The lowest BCUT2D eigenvalue weighted by Crippen LogP contribution is -2.35. The molecule has 0 spiro atoms. The predicted molar refractivity (Wildman–Crippen MR) is 109 cm³/mol. The Morgan fingerprint density at radius 1 is 0.933 bits per heavy atom. The van der Waals surface area contributed by atoms with Gasteiger partial charge in [-0.1, -0.05) is 24.3 Å². The smallest absolute Gasteiger partial charge is 0.342 e. The Morgan fingerprint density at radius 3 is 2.27 bits per heavy atom. The largest absolute Gasteiger partial charge is 0.496 e. The number of esters is 1. The lowest BCUT2D eigenvalue weighted by atomic mass is 10.1. The molecule has 0 aliphatic carbocycles. The molecule has 3 rings (SSSR count). The Hall–Kier alpha value is -3.94. The molecule has 154 valence electrons. The molecule has 0 radical (unpaired) electrons. The quantitative estimate of drug-likeness (QED) is 0.584. The number of benzene rings is 3. The number of anilines is 1. The molecule has 2 N–H and O–H groups in total. The van der Waals surface area contributed by atoms with Gasteiger partial charge in [-0.15, -0.1) is 0 Å². The van der Waals surface area contributed by atoms with Gasteiger partial charge in [0.1, 0.15) is 17.1 Å². The number of hydrogen-bond donors (Lipinski definition) is 2. The molecule has 0 fully saturated rings. The second-order valence-electron chi connectivity index (χ2n) is 6.31. The molecule has 0 saturated carbocycles. The summed E-state index contributed by atoms with van der Waals surface area (Å²) in [5, 5.41) is 6.57. The Labute approximate surface area is 171 Å². The summed E-state index contributed by atoms with van der Waals surface area (Å²) in [6.07, 6.45) is 0. The van der Waals surface area contributed by atoms with Crippen LogP contribution in [0.4, 0.5) is 10.1 Å². The number of amides is 2. The van der Waals surface area contributed by atoms with Crippen LogP contribution >= 0.6 is 0 Å². The third kappa shape index (κ3) is 5.32. The maximum Gasteiger partial charge on any atom is 0.342 e. The average Bonchev–Trinajstić information content (AvgIpc) is 2.76. The van der Waals surface area contributed by atoms with Crippen LogP contribution in [0.3, 0.4) is 0 Å². The van der Waals surface area contributed by atoms with Crippen LogP contribution in [0.2, 0.25) is 0 Å². The normalized spacial score (nSPS) is 10.3. The van der Waals surface area contributed by atoms with Gasteiger partial charge in [0.15, 0.2) is 6.61 Å². The van der Waals surface area contributed by atoms with Gasteiger partial charge in [0.25, 0.3) is 5.91 Å². The van der Waals surface area contributed by atoms with E-state index in [9.17, 15) is 18.8 Å². The van der Waals surface area contributed by atoms with Crippen LogP contribution in [0.5, 0.6) is 5.75 Å². The highest BCUT2D eigenvalue weighted by Crippen LogP contribution is 2.26. The Balaban J connectivity index is 1.52. The molecule has 0 bridgehead atoms. The Kier molecular flexibility index (Phi) is 6.59. The summed E-state index contributed by atoms with van der Waals surface area (Å²) in [6, 6.07) is 16.0. The molecule has 2 amide bonds. The van der Waals surface area contributed by atoms with E-state index >= 15 is 0 Å². The third-order valence-corrected chi connectivity index (χ3v) is 4.20. The van der Waals surface area contributed by atoms with Crippen molar-refractivity contribution >= 4 is 34.2 Å². The van der Waals surface area contributed by atoms with Crippen LogP contribution in [0, 0.1) is 5.82 Å². The summed E-state index contributed by atoms with van der Waals surface area (Å²) in [7, 11) is 1.44. The topological polar surface area (TPSA) is 93.7 Å². The number of carbonyl (C=O) groups is 3. The number of fused-ring (bicyclic) bond motifs is 1. The maximum atomic E-state index is 12.9. The molecular weight excluding hydrogens is 391 g/mol. The average molecular weight is 410 g/mol. The summed E-state index contributed by atoms with van der Waals surface area (Å²) < 4.78 is 23.1. The van der Waals surface area contributed by atoms with Crippen molar-refractivity contribution in [2.24, 2.45) is 0 Å². The van der Waals surface area contributed by atoms with E-state index in [-0.39, 0.29) is 12.1 Å². The van der Waals surface area contributed by atoms with Gasteiger partial charge in [-0.25, -0.2) is 9.18 Å². The number of halogens is 1. The van der Waals surface area contributed by atoms with Crippen LogP contribution in [-0.4, -0.2) is 38.0 Å². The van der Waals surface area contributed by atoms with Crippen LogP contribution in [0.1, 0.15) is 10.4 Å². The van der Waals surface area contributed by atoms with Crippen molar-refractivity contribution in [2.45, 2.75) is 0 Å². The molecule has 3 aromatic carbocycles. The number of rotatable bonds is 7. The number of carbonyl (C=O) groups excluding carboxylic acids is 3. The van der Waals surface area contributed by atoms with Gasteiger partial charge in [0, 0.05) is 5.69 Å². The van der Waals surface area contributed by atoms with Crippen LogP contribution in [-0.2, 0) is 14.3 Å². The predicted octanol–water partition coefficient (Wildman–Crippen LogP) is 2.90. The summed E-state index contributed by atoms with van der Waals surface area (Å²) in [6.45, 7) is -0.883. The first-order valence-electron chi connectivity index (χ1n) is 9.02. The minimum Gasteiger partial charge on any atom is -0.496 e. The molecule has 7 nitrogen and oxygen atoms in total. The maximum absolute atomic E-state index is 12.9. The molecule has 8 heteroatoms. The second kappa shape index (κ2) is 9.51. The summed E-state index contributed by atoms with van der Waals surface area (Å²) >= 11 is 0. The van der Waals surface area contributed by atoms with Gasteiger partial charge < -0.3 is 20.1 Å². The SMILES string of the molecule is COc1cc2ccccc2cc1C(=O)OCC(=O)NCC(=O)Nc1ccc(F)cc1. The van der Waals surface area contributed by atoms with Gasteiger partial charge in [-0.2, -0.15) is 0 Å². The van der Waals surface area contributed by atoms with Gasteiger partial charge >= 0.3 is 5.97 Å². The van der Waals surface area contributed by atoms with Crippen LogP contribution in [0.15, 0.2) is 60.7 Å². The van der Waals surface area contributed by atoms with E-state index in [4.69, 9.17) is 9.47 Å². The van der Waals surface area contributed by atoms with Crippen molar-refractivity contribution in [3.05, 3.63) is 72.0 Å². The standard InChI is InChI=1S/C22H19FN2O5/c1-29-19-11-15-5-3-2-4-14(15)10-18(19)22(28)30-13-21(27)24-12-20(26)25-17-8-6-16(23)7-9-17/h2-11H,12-13H2,1H3,(H,24,27)(H,25,26). The highest BCUT2D eigenvalue weighted by Gasteiger charge is 2.17. The van der Waals surface area contributed by atoms with Crippen molar-refractivity contribution in [3.63, 3.8) is 0 Å². The molecule has 0 aliphatic rings. The summed E-state index contributed by atoms with van der Waals surface area (Å²) in [5.41, 5.74) is 0.587. The minimum absolute atomic E-state index is 0.193. The van der Waals surface area contributed by atoms with Crippen molar-refractivity contribution < 1.29 is 28.2 Å². The first-order valence-corrected chi connectivity index (χ1v) is 9.02. The molecule has 0 saturated heterocycles. The lowest BCUT2D eigenvalue weighted by Gasteiger charge is -2.11. The lowest BCUT2D eigenvalue weighted by molar-refractivity contribution is -0.126. The zero-order chi connectivity index (χ0) is 21.5. The van der Waals surface area contributed by atoms with Crippen LogP contribution < -0.4 is 15.4 Å². The number of methoxy groups -OCH3 is 1. The fraction of sp³-hybridized carbons (Fsp3) is 0.136. The fourth-order valence-corrected chi connectivity index (χ4v) is 2.72. The first kappa shape index (κ1) is 20.8. The van der Waals surface area contributed by atoms with Crippen molar-refractivity contribution in [1.29, 1.82) is 0 Å². The van der Waals surface area contributed by atoms with E-state index in [1.54, 1.807) is 12.1 Å². The Bertz CT molecular complexity index is 1080. The third-order valence-electron chi connectivity index (χ3n) is 4.20. The molecule has 0 aromatic heterocycles. The van der Waals surface area contributed by atoms with E-state index in [2.05, 4.69) is 10.6 Å². The second-order valence-corrected chi connectivity index (χ2v) is 6.31. The molecule has 0 atom stereocenters. The number of hydrogen-bond acceptors (Lipinski definition) is 5. The van der Waals surface area contributed by atoms with E-state index in [0.717, 1.165) is 10.8 Å². The van der Waals surface area contributed by atoms with E-state index in [1.807, 2.05) is 24.3 Å². The summed E-state index contributed by atoms with van der Waals surface area (Å²) in [5.74, 6) is -1.96. The minimum atomic E-state index is -0.719. The van der Waals surface area contributed by atoms with Gasteiger partial charge in [-0.3, -0.25) is 9.59 Å². The monoisotopic (exact) mass is 410 g/mol. The van der Waals surface area contributed by atoms with Gasteiger partial charge in [-0.05, 0) is 47.2 Å². The molecule has 0 aliphatic heterocycles. The van der Waals surface area contributed by atoms with Crippen molar-refractivity contribution in [2.75, 3.05) is 25.6 Å². The highest BCUT2D eigenvalue weighted by molar-refractivity contribution is 6.00. The zero-order valence-electron chi connectivity index (χ0n) is 16.1. The highest BCUT2D eigenvalue weighted by atomic mass is 19.1. The van der Waals surface area contributed by atoms with Crippen molar-refractivity contribution in [3.8, 4) is 5.75 Å². The molecule has 0 heterocycles. The van der Waals surface area contributed by atoms with Crippen molar-refractivity contribution in [1.82, 2.24) is 5.32 Å². The van der Waals surface area contributed by atoms with E-state index in [1.165, 1.54) is 31.4 Å². The van der Waals surface area contributed by atoms with E-state index in [0.29, 0.717) is 11.4 Å². The fourth-order valence-electron chi connectivity index (χ4n) is 2.72. The van der Waals surface area contributed by atoms with E-state index < -0.39 is 30.2 Å². The first-order chi connectivity index (χ1) is 14.5. The zero-order valence-corrected chi connectivity index (χ0v) is 16.1. The molecule has 30 heavy (non-hydrogen) atoms.